The van der Waals surface area contributed by atoms with Crippen LogP contribution in [0.2, 0.25) is 10.0 Å². The molecule has 0 radical (unpaired) electrons. The smallest absolute Gasteiger partial charge is 0.261 e. The third-order valence-corrected chi connectivity index (χ3v) is 7.93. The number of primary sulfonamides is 1. The molecule has 0 fully saturated rings. The first-order chi connectivity index (χ1) is 16.5. The van der Waals surface area contributed by atoms with Gasteiger partial charge >= 0.3 is 0 Å². The molecular formula is C24H18Cl2N2O5S2. The summed E-state index contributed by atoms with van der Waals surface area (Å²) in [5.74, 6) is 0.644. The van der Waals surface area contributed by atoms with Gasteiger partial charge in [0.05, 0.1) is 20.6 Å². The zero-order valence-electron chi connectivity index (χ0n) is 17.9. The Kier molecular flexibility index (Phi) is 7.07. The Hall–Kier alpha value is -3.08. The van der Waals surface area contributed by atoms with Gasteiger partial charge in [0, 0.05) is 6.07 Å². The quantitative estimate of drug-likeness (QED) is 0.298. The zero-order chi connectivity index (χ0) is 25.2. The van der Waals surface area contributed by atoms with Gasteiger partial charge in [-0.2, -0.15) is 0 Å². The third-order valence-electron chi connectivity index (χ3n) is 4.88. The predicted octanol–water partition coefficient (Wildman–Crippen LogP) is 5.90. The summed E-state index contributed by atoms with van der Waals surface area (Å²) in [5, 5.41) is 6.06. The van der Waals surface area contributed by atoms with Crippen LogP contribution < -0.4 is 14.6 Å². The van der Waals surface area contributed by atoms with Crippen molar-refractivity contribution < 1.29 is 21.6 Å². The molecule has 0 aliphatic rings. The Labute approximate surface area is 213 Å². The van der Waals surface area contributed by atoms with E-state index in [0.717, 1.165) is 6.07 Å². The molecule has 0 amide bonds. The molecule has 4 aromatic rings. The van der Waals surface area contributed by atoms with Crippen LogP contribution in [0.3, 0.4) is 0 Å². The van der Waals surface area contributed by atoms with Crippen LogP contribution >= 0.6 is 23.2 Å². The highest BCUT2D eigenvalue weighted by atomic mass is 35.5. The number of nitrogens with one attached hydrogen (secondary N) is 1. The van der Waals surface area contributed by atoms with E-state index in [1.54, 1.807) is 60.7 Å². The van der Waals surface area contributed by atoms with Crippen LogP contribution in [-0.2, 0) is 20.0 Å². The van der Waals surface area contributed by atoms with Crippen LogP contribution in [0.25, 0.3) is 11.1 Å². The first kappa shape index (κ1) is 25.0. The second kappa shape index (κ2) is 9.88. The van der Waals surface area contributed by atoms with Crippen molar-refractivity contribution >= 4 is 48.9 Å². The van der Waals surface area contributed by atoms with Gasteiger partial charge in [0.1, 0.15) is 16.4 Å². The number of para-hydroxylation sites is 1. The number of anilines is 1. The minimum Gasteiger partial charge on any atom is -0.457 e. The summed E-state index contributed by atoms with van der Waals surface area (Å²) in [7, 11) is -8.48. The lowest BCUT2D eigenvalue weighted by atomic mass is 10.1. The maximum atomic E-state index is 13.1. The molecule has 11 heteroatoms. The monoisotopic (exact) mass is 548 g/mol. The number of sulfonamides is 2. The van der Waals surface area contributed by atoms with Crippen molar-refractivity contribution in [2.24, 2.45) is 5.14 Å². The van der Waals surface area contributed by atoms with E-state index in [1.165, 1.54) is 24.3 Å². The van der Waals surface area contributed by atoms with Crippen molar-refractivity contribution in [3.8, 4) is 22.6 Å². The summed E-state index contributed by atoms with van der Waals surface area (Å²) in [5.41, 5.74) is 1.02. The average molecular weight is 549 g/mol. The van der Waals surface area contributed by atoms with E-state index in [9.17, 15) is 16.8 Å². The number of hydrogen-bond donors (Lipinski definition) is 2. The van der Waals surface area contributed by atoms with Gasteiger partial charge in [-0.05, 0) is 59.7 Å². The number of ether oxygens (including phenoxy) is 1. The van der Waals surface area contributed by atoms with Crippen molar-refractivity contribution in [2.75, 3.05) is 4.72 Å². The molecule has 7 nitrogen and oxygen atoms in total. The molecule has 35 heavy (non-hydrogen) atoms. The topological polar surface area (TPSA) is 116 Å². The van der Waals surface area contributed by atoms with Crippen LogP contribution in [-0.4, -0.2) is 16.8 Å². The van der Waals surface area contributed by atoms with Gasteiger partial charge in [0.25, 0.3) is 10.0 Å². The van der Waals surface area contributed by atoms with E-state index in [1.807, 2.05) is 0 Å². The van der Waals surface area contributed by atoms with Crippen LogP contribution in [0, 0.1) is 0 Å². The molecule has 4 rings (SSSR count). The first-order valence-corrected chi connectivity index (χ1v) is 13.8. The van der Waals surface area contributed by atoms with Crippen molar-refractivity contribution in [2.45, 2.75) is 9.79 Å². The maximum absolute atomic E-state index is 13.1. The molecule has 4 aromatic carbocycles. The van der Waals surface area contributed by atoms with E-state index in [2.05, 4.69) is 4.72 Å². The molecule has 0 saturated heterocycles. The highest BCUT2D eigenvalue weighted by molar-refractivity contribution is 7.93. The summed E-state index contributed by atoms with van der Waals surface area (Å²) in [6.07, 6.45) is 0. The lowest BCUT2D eigenvalue weighted by Gasteiger charge is -2.14. The van der Waals surface area contributed by atoms with Gasteiger partial charge in [0.15, 0.2) is 0 Å². The average Bonchev–Trinajstić information content (AvgIpc) is 2.82. The van der Waals surface area contributed by atoms with Crippen LogP contribution in [0.1, 0.15) is 0 Å². The van der Waals surface area contributed by atoms with Gasteiger partial charge in [-0.15, -0.1) is 0 Å². The second-order valence-electron chi connectivity index (χ2n) is 7.38. The maximum Gasteiger partial charge on any atom is 0.261 e. The number of benzene rings is 4. The Morgan fingerprint density at radius 1 is 0.686 bits per heavy atom. The van der Waals surface area contributed by atoms with Crippen LogP contribution in [0.5, 0.6) is 11.5 Å². The van der Waals surface area contributed by atoms with E-state index < -0.39 is 24.9 Å². The number of nitrogens with two attached hydrogens (primary N) is 1. The standard InChI is InChI=1S/C24H18Cl2N2O5S2/c25-21-11-9-17(14-22(21)26)16-5-4-8-20(13-16)35(31,32)28-23-12-10-19(15-24(23)34(27,29)30)33-18-6-2-1-3-7-18/h1-15,28H,(H2,27,29,30). The fourth-order valence-corrected chi connectivity index (χ4v) is 5.43. The third kappa shape index (κ3) is 5.95. The SMILES string of the molecule is NS(=O)(=O)c1cc(Oc2ccccc2)ccc1NS(=O)(=O)c1cccc(-c2ccc(Cl)c(Cl)c2)c1. The van der Waals surface area contributed by atoms with Crippen molar-refractivity contribution in [1.82, 2.24) is 0 Å². The lowest BCUT2D eigenvalue weighted by molar-refractivity contribution is 0.481. The predicted molar refractivity (Wildman–Crippen MR) is 137 cm³/mol. The molecule has 0 bridgehead atoms. The van der Waals surface area contributed by atoms with Crippen molar-refractivity contribution in [3.63, 3.8) is 0 Å². The van der Waals surface area contributed by atoms with Gasteiger partial charge in [-0.3, -0.25) is 4.72 Å². The normalized spacial score (nSPS) is 11.7. The van der Waals surface area contributed by atoms with E-state index in [-0.39, 0.29) is 16.3 Å². The highest BCUT2D eigenvalue weighted by Crippen LogP contribution is 2.32. The van der Waals surface area contributed by atoms with E-state index in [4.69, 9.17) is 33.1 Å². The molecule has 180 valence electrons. The minimum absolute atomic E-state index is 0.0916. The molecule has 0 aromatic heterocycles. The highest BCUT2D eigenvalue weighted by Gasteiger charge is 2.22. The summed E-state index contributed by atoms with van der Waals surface area (Å²) < 4.78 is 58.7. The molecule has 0 unspecified atom stereocenters. The van der Waals surface area contributed by atoms with Crippen LogP contribution in [0.4, 0.5) is 5.69 Å². The lowest BCUT2D eigenvalue weighted by Crippen LogP contribution is -2.19. The summed E-state index contributed by atoms with van der Waals surface area (Å²) in [6, 6.07) is 23.6. The molecule has 0 atom stereocenters. The van der Waals surface area contributed by atoms with Gasteiger partial charge < -0.3 is 4.74 Å². The fourth-order valence-electron chi connectivity index (χ4n) is 3.23. The van der Waals surface area contributed by atoms with E-state index >= 15 is 0 Å². The fraction of sp³-hybridized carbons (Fsp3) is 0. The summed E-state index contributed by atoms with van der Waals surface area (Å²) in [6.45, 7) is 0. The molecule has 0 saturated carbocycles. The largest absolute Gasteiger partial charge is 0.457 e. The van der Waals surface area contributed by atoms with Crippen LogP contribution in [0.15, 0.2) is 101 Å². The van der Waals surface area contributed by atoms with Crippen molar-refractivity contribution in [3.05, 3.63) is 101 Å². The van der Waals surface area contributed by atoms with Crippen molar-refractivity contribution in [1.29, 1.82) is 0 Å². The Balaban J connectivity index is 1.68. The van der Waals surface area contributed by atoms with Gasteiger partial charge in [-0.1, -0.05) is 59.6 Å². The Morgan fingerprint density at radius 3 is 2.09 bits per heavy atom. The number of hydrogen-bond acceptors (Lipinski definition) is 5. The second-order valence-corrected chi connectivity index (χ2v) is 11.4. The van der Waals surface area contributed by atoms with E-state index in [0.29, 0.717) is 26.9 Å². The molecule has 0 spiro atoms. The first-order valence-electron chi connectivity index (χ1n) is 10.0. The Morgan fingerprint density at radius 2 is 1.40 bits per heavy atom. The Bertz CT molecular complexity index is 1610. The number of halogens is 2. The molecule has 3 N–H and O–H groups in total. The summed E-state index contributed by atoms with van der Waals surface area (Å²) >= 11 is 12.0. The molecular weight excluding hydrogens is 531 g/mol. The summed E-state index contributed by atoms with van der Waals surface area (Å²) in [4.78, 5) is -0.527. The molecule has 0 aliphatic carbocycles. The zero-order valence-corrected chi connectivity index (χ0v) is 21.0. The minimum atomic E-state index is -4.30. The molecule has 0 heterocycles. The number of rotatable bonds is 7. The molecule has 0 aliphatic heterocycles. The van der Waals surface area contributed by atoms with Gasteiger partial charge in [0.2, 0.25) is 10.0 Å². The van der Waals surface area contributed by atoms with Gasteiger partial charge in [-0.25, -0.2) is 22.0 Å².